The maximum atomic E-state index is 13.4. The highest BCUT2D eigenvalue weighted by molar-refractivity contribution is 9.10. The van der Waals surface area contributed by atoms with Gasteiger partial charge in [0.15, 0.2) is 0 Å². The van der Waals surface area contributed by atoms with E-state index in [1.54, 1.807) is 0 Å². The summed E-state index contributed by atoms with van der Waals surface area (Å²) >= 11 is 3.37. The summed E-state index contributed by atoms with van der Waals surface area (Å²) in [6.45, 7) is 2.58. The first-order valence-electron chi connectivity index (χ1n) is 6.24. The second-order valence-electron chi connectivity index (χ2n) is 4.19. The van der Waals surface area contributed by atoms with Gasteiger partial charge < -0.3 is 4.74 Å². The second kappa shape index (κ2) is 8.51. The van der Waals surface area contributed by atoms with Crippen molar-refractivity contribution >= 4 is 15.9 Å². The summed E-state index contributed by atoms with van der Waals surface area (Å²) in [5, 5.41) is 0. The van der Waals surface area contributed by atoms with E-state index >= 15 is 0 Å². The molecular weight excluding hydrogens is 283 g/mol. The van der Waals surface area contributed by atoms with Gasteiger partial charge in [-0.3, -0.25) is 0 Å². The van der Waals surface area contributed by atoms with Crippen LogP contribution in [0.5, 0.6) is 5.75 Å². The van der Waals surface area contributed by atoms with Crippen molar-refractivity contribution in [2.45, 2.75) is 45.2 Å². The molecule has 0 bridgehead atoms. The van der Waals surface area contributed by atoms with Gasteiger partial charge in [-0.1, -0.05) is 48.2 Å². The Kier molecular flexibility index (Phi) is 7.25. The predicted octanol–water partition coefficient (Wildman–Crippen LogP) is 5.14. The van der Waals surface area contributed by atoms with Crippen molar-refractivity contribution in [2.24, 2.45) is 0 Å². The number of alkyl halides is 1. The van der Waals surface area contributed by atoms with Crippen LogP contribution in [0.4, 0.5) is 4.39 Å². The molecular formula is C14H20BrFO. The molecule has 0 heterocycles. The van der Waals surface area contributed by atoms with Crippen LogP contribution in [-0.4, -0.2) is 12.8 Å². The van der Waals surface area contributed by atoms with Gasteiger partial charge >= 0.3 is 0 Å². The third kappa shape index (κ3) is 6.67. The lowest BCUT2D eigenvalue weighted by Crippen LogP contribution is -2.07. The van der Waals surface area contributed by atoms with Gasteiger partial charge in [-0.05, 0) is 24.6 Å². The van der Waals surface area contributed by atoms with Crippen molar-refractivity contribution < 1.29 is 9.13 Å². The molecule has 1 nitrogen and oxygen atoms in total. The molecule has 0 N–H and O–H groups in total. The Labute approximate surface area is 111 Å². The van der Waals surface area contributed by atoms with Crippen molar-refractivity contribution in [2.75, 3.05) is 6.61 Å². The maximum absolute atomic E-state index is 13.4. The van der Waals surface area contributed by atoms with Crippen LogP contribution in [0.25, 0.3) is 0 Å². The van der Waals surface area contributed by atoms with Gasteiger partial charge in [0.2, 0.25) is 0 Å². The molecule has 1 aromatic carbocycles. The summed E-state index contributed by atoms with van der Waals surface area (Å²) in [7, 11) is 0. The van der Waals surface area contributed by atoms with Gasteiger partial charge in [0, 0.05) is 10.9 Å². The Hall–Kier alpha value is -0.570. The first-order chi connectivity index (χ1) is 8.22. The van der Waals surface area contributed by atoms with Crippen molar-refractivity contribution in [3.05, 3.63) is 28.7 Å². The number of hydrogen-bond donors (Lipinski definition) is 0. The van der Waals surface area contributed by atoms with E-state index in [0.29, 0.717) is 19.4 Å². The molecule has 0 saturated carbocycles. The van der Waals surface area contributed by atoms with Crippen LogP contribution in [0, 0.1) is 0 Å². The number of unbranched alkanes of at least 4 members (excludes halogenated alkanes) is 2. The van der Waals surface area contributed by atoms with E-state index in [1.807, 2.05) is 24.3 Å². The van der Waals surface area contributed by atoms with E-state index in [1.165, 1.54) is 0 Å². The van der Waals surface area contributed by atoms with Gasteiger partial charge in [0.1, 0.15) is 11.9 Å². The standard InChI is InChI=1S/C14H20BrFO/c1-2-3-4-7-13(16)9-10-17-14-8-5-6-12(15)11-14/h5-6,8,11,13H,2-4,7,9-10H2,1H3. The zero-order valence-corrected chi connectivity index (χ0v) is 11.9. The number of hydrogen-bond acceptors (Lipinski definition) is 1. The summed E-state index contributed by atoms with van der Waals surface area (Å²) in [4.78, 5) is 0. The molecule has 1 unspecified atom stereocenters. The molecule has 0 amide bonds. The zero-order chi connectivity index (χ0) is 12.5. The highest BCUT2D eigenvalue weighted by atomic mass is 79.9. The molecule has 0 spiro atoms. The summed E-state index contributed by atoms with van der Waals surface area (Å²) in [6, 6.07) is 7.63. The largest absolute Gasteiger partial charge is 0.493 e. The quantitative estimate of drug-likeness (QED) is 0.604. The normalized spacial score (nSPS) is 12.4. The summed E-state index contributed by atoms with van der Waals surface area (Å²) < 4.78 is 19.9. The topological polar surface area (TPSA) is 9.23 Å². The molecule has 0 radical (unpaired) electrons. The second-order valence-corrected chi connectivity index (χ2v) is 5.10. The molecule has 3 heteroatoms. The lowest BCUT2D eigenvalue weighted by Gasteiger charge is -2.09. The summed E-state index contributed by atoms with van der Waals surface area (Å²) in [5.41, 5.74) is 0. The molecule has 0 aliphatic rings. The fourth-order valence-electron chi connectivity index (χ4n) is 1.62. The Bertz CT molecular complexity index is 317. The molecule has 0 aliphatic carbocycles. The van der Waals surface area contributed by atoms with Crippen LogP contribution in [-0.2, 0) is 0 Å². The molecule has 96 valence electrons. The van der Waals surface area contributed by atoms with E-state index < -0.39 is 6.17 Å². The van der Waals surface area contributed by atoms with E-state index in [9.17, 15) is 4.39 Å². The third-order valence-corrected chi connectivity index (χ3v) is 3.11. The molecule has 0 aliphatic heterocycles. The first-order valence-corrected chi connectivity index (χ1v) is 7.04. The van der Waals surface area contributed by atoms with Crippen molar-refractivity contribution in [1.82, 2.24) is 0 Å². The highest BCUT2D eigenvalue weighted by Gasteiger charge is 2.06. The van der Waals surface area contributed by atoms with Gasteiger partial charge in [0.05, 0.1) is 6.61 Å². The minimum atomic E-state index is -0.728. The van der Waals surface area contributed by atoms with Crippen LogP contribution >= 0.6 is 15.9 Å². The Morgan fingerprint density at radius 1 is 1.29 bits per heavy atom. The van der Waals surface area contributed by atoms with E-state index in [4.69, 9.17) is 4.74 Å². The number of rotatable bonds is 8. The molecule has 0 aromatic heterocycles. The van der Waals surface area contributed by atoms with Crippen LogP contribution in [0.1, 0.15) is 39.0 Å². The SMILES string of the molecule is CCCCCC(F)CCOc1cccc(Br)c1. The average molecular weight is 303 g/mol. The van der Waals surface area contributed by atoms with Gasteiger partial charge in [0.25, 0.3) is 0 Å². The molecule has 1 atom stereocenters. The van der Waals surface area contributed by atoms with Gasteiger partial charge in [-0.2, -0.15) is 0 Å². The van der Waals surface area contributed by atoms with Crippen LogP contribution in [0.15, 0.2) is 28.7 Å². The smallest absolute Gasteiger partial charge is 0.120 e. The van der Waals surface area contributed by atoms with Crippen molar-refractivity contribution in [1.29, 1.82) is 0 Å². The lowest BCUT2D eigenvalue weighted by atomic mass is 10.1. The average Bonchev–Trinajstić information content (AvgIpc) is 2.29. The van der Waals surface area contributed by atoms with E-state index in [2.05, 4.69) is 22.9 Å². The predicted molar refractivity (Wildman–Crippen MR) is 73.3 cm³/mol. The minimum Gasteiger partial charge on any atom is -0.493 e. The fraction of sp³-hybridized carbons (Fsp3) is 0.571. The molecule has 1 aromatic rings. The molecule has 0 fully saturated rings. The fourth-order valence-corrected chi connectivity index (χ4v) is 2.00. The molecule has 17 heavy (non-hydrogen) atoms. The Morgan fingerprint density at radius 2 is 2.12 bits per heavy atom. The Balaban J connectivity index is 2.14. The van der Waals surface area contributed by atoms with Crippen LogP contribution in [0.2, 0.25) is 0 Å². The molecule has 0 saturated heterocycles. The number of halogens is 2. The summed E-state index contributed by atoms with van der Waals surface area (Å²) in [5.74, 6) is 0.792. The van der Waals surface area contributed by atoms with E-state index in [0.717, 1.165) is 29.5 Å². The zero-order valence-electron chi connectivity index (χ0n) is 10.3. The minimum absolute atomic E-state index is 0.448. The van der Waals surface area contributed by atoms with E-state index in [-0.39, 0.29) is 0 Å². The highest BCUT2D eigenvalue weighted by Crippen LogP contribution is 2.18. The number of ether oxygens (including phenoxy) is 1. The van der Waals surface area contributed by atoms with Gasteiger partial charge in [-0.25, -0.2) is 4.39 Å². The van der Waals surface area contributed by atoms with Gasteiger partial charge in [-0.15, -0.1) is 0 Å². The van der Waals surface area contributed by atoms with Crippen LogP contribution < -0.4 is 4.74 Å². The van der Waals surface area contributed by atoms with Crippen molar-refractivity contribution in [3.63, 3.8) is 0 Å². The maximum Gasteiger partial charge on any atom is 0.120 e. The monoisotopic (exact) mass is 302 g/mol. The number of benzene rings is 1. The van der Waals surface area contributed by atoms with Crippen LogP contribution in [0.3, 0.4) is 0 Å². The summed E-state index contributed by atoms with van der Waals surface area (Å²) in [6.07, 6.45) is 3.66. The molecule has 1 rings (SSSR count). The van der Waals surface area contributed by atoms with Crippen molar-refractivity contribution in [3.8, 4) is 5.75 Å². The Morgan fingerprint density at radius 3 is 2.82 bits per heavy atom. The lowest BCUT2D eigenvalue weighted by molar-refractivity contribution is 0.222. The third-order valence-electron chi connectivity index (χ3n) is 2.62. The first kappa shape index (κ1) is 14.5.